The predicted molar refractivity (Wildman–Crippen MR) is 76.9 cm³/mol. The van der Waals surface area contributed by atoms with Gasteiger partial charge >= 0.3 is 5.97 Å². The molecule has 7 nitrogen and oxygen atoms in total. The lowest BCUT2D eigenvalue weighted by Gasteiger charge is -2.14. The van der Waals surface area contributed by atoms with E-state index in [-0.39, 0.29) is 15.5 Å². The van der Waals surface area contributed by atoms with E-state index in [2.05, 4.69) is 5.32 Å². The number of carboxylic acids is 1. The normalized spacial score (nSPS) is 13.0. The molecule has 0 fully saturated rings. The van der Waals surface area contributed by atoms with Crippen molar-refractivity contribution in [3.05, 3.63) is 28.8 Å². The average Bonchev–Trinajstić information content (AvgIpc) is 2.38. The van der Waals surface area contributed by atoms with E-state index in [1.807, 2.05) is 0 Å². The standard InChI is InChI=1S/C12H15ClN2O5S/c1-7(12(17)18)14-11(16)9-6-8(4-5-10(9)13)21(19,20)15(2)3/h4-7H,1-3H3,(H,14,16)(H,17,18)/t7-/m0/s1. The summed E-state index contributed by atoms with van der Waals surface area (Å²) in [5.74, 6) is -1.97. The lowest BCUT2D eigenvalue weighted by atomic mass is 10.2. The Morgan fingerprint density at radius 2 is 1.90 bits per heavy atom. The first-order valence-electron chi connectivity index (χ1n) is 5.83. The van der Waals surface area contributed by atoms with Crippen LogP contribution in [0.4, 0.5) is 0 Å². The molecule has 0 saturated carbocycles. The number of sulfonamides is 1. The van der Waals surface area contributed by atoms with Crippen molar-refractivity contribution >= 4 is 33.5 Å². The van der Waals surface area contributed by atoms with E-state index in [4.69, 9.17) is 16.7 Å². The molecule has 0 aliphatic heterocycles. The van der Waals surface area contributed by atoms with Gasteiger partial charge in [0.2, 0.25) is 10.0 Å². The highest BCUT2D eigenvalue weighted by atomic mass is 35.5. The summed E-state index contributed by atoms with van der Waals surface area (Å²) in [7, 11) is -1.00. The Morgan fingerprint density at radius 3 is 2.38 bits per heavy atom. The molecule has 2 N–H and O–H groups in total. The Kier molecular flexibility index (Phi) is 5.32. The Bertz CT molecular complexity index is 672. The fourth-order valence-electron chi connectivity index (χ4n) is 1.39. The van der Waals surface area contributed by atoms with E-state index in [1.54, 1.807) is 0 Å². The number of carboxylic acid groups (broad SMARTS) is 1. The minimum absolute atomic E-state index is 0.0304. The van der Waals surface area contributed by atoms with Gasteiger partial charge in [-0.15, -0.1) is 0 Å². The highest BCUT2D eigenvalue weighted by Crippen LogP contribution is 2.22. The van der Waals surface area contributed by atoms with Crippen LogP contribution >= 0.6 is 11.6 Å². The van der Waals surface area contributed by atoms with Crippen molar-refractivity contribution < 1.29 is 23.1 Å². The van der Waals surface area contributed by atoms with Gasteiger partial charge in [-0.3, -0.25) is 9.59 Å². The molecule has 1 aromatic rings. The van der Waals surface area contributed by atoms with Crippen LogP contribution in [0.25, 0.3) is 0 Å². The monoisotopic (exact) mass is 334 g/mol. The van der Waals surface area contributed by atoms with E-state index in [1.165, 1.54) is 33.2 Å². The van der Waals surface area contributed by atoms with Crippen LogP contribution in [0.2, 0.25) is 5.02 Å². The lowest BCUT2D eigenvalue weighted by molar-refractivity contribution is -0.138. The number of halogens is 1. The third-order valence-electron chi connectivity index (χ3n) is 2.68. The molecule has 116 valence electrons. The third-order valence-corrected chi connectivity index (χ3v) is 4.82. The van der Waals surface area contributed by atoms with Gasteiger partial charge in [-0.05, 0) is 25.1 Å². The van der Waals surface area contributed by atoms with E-state index in [0.29, 0.717) is 0 Å². The maximum absolute atomic E-state index is 12.0. The van der Waals surface area contributed by atoms with E-state index < -0.39 is 27.9 Å². The van der Waals surface area contributed by atoms with Crippen LogP contribution in [-0.2, 0) is 14.8 Å². The molecule has 21 heavy (non-hydrogen) atoms. The van der Waals surface area contributed by atoms with E-state index in [0.717, 1.165) is 10.4 Å². The number of hydrogen-bond donors (Lipinski definition) is 2. The summed E-state index contributed by atoms with van der Waals surface area (Å²) >= 11 is 5.87. The van der Waals surface area contributed by atoms with Crippen LogP contribution in [0.3, 0.4) is 0 Å². The van der Waals surface area contributed by atoms with Gasteiger partial charge in [0.1, 0.15) is 6.04 Å². The largest absolute Gasteiger partial charge is 0.480 e. The first-order valence-corrected chi connectivity index (χ1v) is 7.65. The zero-order valence-corrected chi connectivity index (χ0v) is 13.2. The molecule has 0 bridgehead atoms. The summed E-state index contributed by atoms with van der Waals surface area (Å²) in [6.07, 6.45) is 0. The molecule has 1 aromatic carbocycles. The van der Waals surface area contributed by atoms with Gasteiger partial charge in [-0.1, -0.05) is 11.6 Å². The molecule has 0 heterocycles. The fourth-order valence-corrected chi connectivity index (χ4v) is 2.52. The molecular formula is C12H15ClN2O5S. The molecule has 9 heteroatoms. The van der Waals surface area contributed by atoms with Gasteiger partial charge in [0.15, 0.2) is 0 Å². The Morgan fingerprint density at radius 1 is 1.33 bits per heavy atom. The van der Waals surface area contributed by atoms with Crippen molar-refractivity contribution in [2.45, 2.75) is 17.9 Å². The molecule has 0 unspecified atom stereocenters. The van der Waals surface area contributed by atoms with Gasteiger partial charge < -0.3 is 10.4 Å². The van der Waals surface area contributed by atoms with Crippen LogP contribution < -0.4 is 5.32 Å². The van der Waals surface area contributed by atoms with Crippen LogP contribution in [0.15, 0.2) is 23.1 Å². The van der Waals surface area contributed by atoms with Gasteiger partial charge in [-0.2, -0.15) is 0 Å². The SMILES string of the molecule is C[C@H](NC(=O)c1cc(S(=O)(=O)N(C)C)ccc1Cl)C(=O)O. The Balaban J connectivity index is 3.20. The van der Waals surface area contributed by atoms with Crippen LogP contribution in [0.5, 0.6) is 0 Å². The number of benzene rings is 1. The number of hydrogen-bond acceptors (Lipinski definition) is 4. The van der Waals surface area contributed by atoms with Crippen molar-refractivity contribution in [2.24, 2.45) is 0 Å². The van der Waals surface area contributed by atoms with E-state index in [9.17, 15) is 18.0 Å². The fraction of sp³-hybridized carbons (Fsp3) is 0.333. The molecule has 1 amide bonds. The average molecular weight is 335 g/mol. The van der Waals surface area contributed by atoms with Crippen molar-refractivity contribution in [3.8, 4) is 0 Å². The summed E-state index contributed by atoms with van der Waals surface area (Å²) in [4.78, 5) is 22.6. The minimum Gasteiger partial charge on any atom is -0.480 e. The molecule has 1 rings (SSSR count). The maximum Gasteiger partial charge on any atom is 0.325 e. The molecule has 1 atom stereocenters. The third kappa shape index (κ3) is 3.93. The molecule has 0 saturated heterocycles. The smallest absolute Gasteiger partial charge is 0.325 e. The van der Waals surface area contributed by atoms with Crippen LogP contribution in [0, 0.1) is 0 Å². The second kappa shape index (κ2) is 6.42. The van der Waals surface area contributed by atoms with Crippen LogP contribution in [-0.4, -0.2) is 49.8 Å². The molecule has 0 aliphatic carbocycles. The first kappa shape index (κ1) is 17.4. The summed E-state index contributed by atoms with van der Waals surface area (Å²) in [6.45, 7) is 1.29. The number of carbonyl (C=O) groups excluding carboxylic acids is 1. The topological polar surface area (TPSA) is 104 Å². The zero-order valence-electron chi connectivity index (χ0n) is 11.6. The molecule has 0 aromatic heterocycles. The molecular weight excluding hydrogens is 320 g/mol. The molecule has 0 spiro atoms. The number of amides is 1. The summed E-state index contributed by atoms with van der Waals surface area (Å²) in [6, 6.07) is 2.54. The second-order valence-corrected chi connectivity index (χ2v) is 7.02. The van der Waals surface area contributed by atoms with Gasteiger partial charge in [0.05, 0.1) is 15.5 Å². The minimum atomic E-state index is -3.72. The summed E-state index contributed by atoms with van der Waals surface area (Å²) in [5.41, 5.74) is -0.104. The van der Waals surface area contributed by atoms with Gasteiger partial charge in [0, 0.05) is 14.1 Å². The number of nitrogens with zero attached hydrogens (tertiary/aromatic N) is 1. The van der Waals surface area contributed by atoms with Gasteiger partial charge in [-0.25, -0.2) is 12.7 Å². The van der Waals surface area contributed by atoms with Crippen molar-refractivity contribution in [1.29, 1.82) is 0 Å². The highest BCUT2D eigenvalue weighted by Gasteiger charge is 2.22. The Labute approximate surface area is 127 Å². The van der Waals surface area contributed by atoms with Crippen molar-refractivity contribution in [3.63, 3.8) is 0 Å². The lowest BCUT2D eigenvalue weighted by Crippen LogP contribution is -2.38. The number of aliphatic carboxylic acids is 1. The van der Waals surface area contributed by atoms with E-state index >= 15 is 0 Å². The zero-order chi connectivity index (χ0) is 16.4. The predicted octanol–water partition coefficient (Wildman–Crippen LogP) is 0.793. The van der Waals surface area contributed by atoms with Crippen molar-refractivity contribution in [1.82, 2.24) is 9.62 Å². The highest BCUT2D eigenvalue weighted by molar-refractivity contribution is 7.89. The van der Waals surface area contributed by atoms with Crippen molar-refractivity contribution in [2.75, 3.05) is 14.1 Å². The van der Waals surface area contributed by atoms with Gasteiger partial charge in [0.25, 0.3) is 5.91 Å². The molecule has 0 aliphatic rings. The second-order valence-electron chi connectivity index (χ2n) is 4.46. The number of nitrogens with one attached hydrogen (secondary N) is 1. The number of rotatable bonds is 5. The Hall–Kier alpha value is -1.64. The number of carbonyl (C=O) groups is 2. The quantitative estimate of drug-likeness (QED) is 0.828. The summed E-state index contributed by atoms with van der Waals surface area (Å²) < 4.78 is 25.0. The molecule has 0 radical (unpaired) electrons. The van der Waals surface area contributed by atoms with Crippen LogP contribution in [0.1, 0.15) is 17.3 Å². The summed E-state index contributed by atoms with van der Waals surface area (Å²) in [5, 5.41) is 11.0. The maximum atomic E-state index is 12.0. The first-order chi connectivity index (χ1) is 9.57.